The Hall–Kier alpha value is -4.22. The SMILES string of the molecule is [2H]C([2H])([2H])c1ccc2c(n1)oc1c(-c3cc(C(C)(C)C4CCCC4)ccn3)[c-]cc(-c3ccccc3)c12.[2H]C([2H])(c1cc(-c2[c-]cccc2)ncc1[Si](C)(C)C)C(C)C.[Ir]. The van der Waals surface area contributed by atoms with E-state index in [0.29, 0.717) is 17.2 Å². The van der Waals surface area contributed by atoms with Crippen molar-refractivity contribution in [2.75, 3.05) is 0 Å². The molecule has 4 nitrogen and oxygen atoms in total. The maximum absolute atomic E-state index is 8.55. The van der Waals surface area contributed by atoms with Gasteiger partial charge in [-0.3, -0.25) is 0 Å². The predicted octanol–water partition coefficient (Wildman–Crippen LogP) is 12.6. The second-order valence-corrected chi connectivity index (χ2v) is 21.4. The number of aromatic nitrogens is 3. The maximum atomic E-state index is 8.55. The van der Waals surface area contributed by atoms with Gasteiger partial charge in [0.15, 0.2) is 0 Å². The number of benzene rings is 3. The standard InChI is InChI=1S/C31H29N2O.C18H24NSi.Ir/c1-20-13-14-26-28-24(21-9-5-4-6-10-21)15-16-25(29(28)34-30(26)33-20)27-19-23(17-18-32-27)31(2,3)22-11-7-8-12-22;1-14(2)11-16-12-17(15-9-7-6-8-10-15)19-13-18(16)20(3,4)5;/h4-6,9-10,13-15,17-19,22H,7-8,11-12H2,1-3H3;6-9,12-14H,11H2,1-5H3;/q2*-1;/i1D3;11D2;. The van der Waals surface area contributed by atoms with Crippen molar-refractivity contribution in [3.8, 4) is 33.6 Å². The second-order valence-electron chi connectivity index (χ2n) is 16.4. The quantitative estimate of drug-likeness (QED) is 0.113. The molecule has 55 heavy (non-hydrogen) atoms. The fourth-order valence-corrected chi connectivity index (χ4v) is 9.18. The van der Waals surface area contributed by atoms with Crippen LogP contribution in [-0.4, -0.2) is 23.0 Å². The zero-order valence-electron chi connectivity index (χ0n) is 37.9. The molecule has 1 fully saturated rings. The van der Waals surface area contributed by atoms with Gasteiger partial charge in [0.1, 0.15) is 0 Å². The molecule has 0 amide bonds. The van der Waals surface area contributed by atoms with E-state index in [1.807, 2.05) is 93.0 Å². The fourth-order valence-electron chi connectivity index (χ4n) is 7.77. The molecule has 0 bridgehead atoms. The molecule has 3 aromatic carbocycles. The first-order valence-electron chi connectivity index (χ1n) is 21.7. The van der Waals surface area contributed by atoms with Crippen LogP contribution in [0, 0.1) is 30.8 Å². The van der Waals surface area contributed by atoms with Gasteiger partial charge in [-0.15, -0.1) is 48.0 Å². The molecule has 4 aromatic heterocycles. The molecule has 6 heteroatoms. The minimum absolute atomic E-state index is 0. The van der Waals surface area contributed by atoms with E-state index in [1.54, 1.807) is 12.1 Å². The molecule has 1 aliphatic carbocycles. The second kappa shape index (κ2) is 16.9. The van der Waals surface area contributed by atoms with Crippen molar-refractivity contribution in [3.05, 3.63) is 132 Å². The monoisotopic (exact) mass is 925 g/mol. The van der Waals surface area contributed by atoms with Gasteiger partial charge in [-0.2, -0.15) is 0 Å². The molecule has 0 saturated heterocycles. The van der Waals surface area contributed by atoms with Gasteiger partial charge >= 0.3 is 0 Å². The van der Waals surface area contributed by atoms with Gasteiger partial charge in [0.05, 0.1) is 13.7 Å². The van der Waals surface area contributed by atoms with E-state index in [4.69, 9.17) is 16.3 Å². The molecule has 1 radical (unpaired) electrons. The molecule has 0 unspecified atom stereocenters. The summed E-state index contributed by atoms with van der Waals surface area (Å²) in [6.45, 7) is 12.9. The molecular weight excluding hydrogens is 867 g/mol. The van der Waals surface area contributed by atoms with Crippen LogP contribution in [0.15, 0.2) is 108 Å². The summed E-state index contributed by atoms with van der Waals surface area (Å²) in [6, 6.07) is 36.0. The first kappa shape index (κ1) is 34.1. The van der Waals surface area contributed by atoms with Crippen molar-refractivity contribution in [2.24, 2.45) is 11.8 Å². The van der Waals surface area contributed by atoms with Crippen LogP contribution in [0.2, 0.25) is 19.6 Å². The summed E-state index contributed by atoms with van der Waals surface area (Å²) in [5, 5.41) is 2.77. The molecule has 1 aliphatic rings. The summed E-state index contributed by atoms with van der Waals surface area (Å²) in [7, 11) is -1.67. The normalized spacial score (nSPS) is 15.4. The van der Waals surface area contributed by atoms with Crippen molar-refractivity contribution in [3.63, 3.8) is 0 Å². The molecule has 4 heterocycles. The van der Waals surface area contributed by atoms with E-state index in [1.165, 1.54) is 31.2 Å². The van der Waals surface area contributed by atoms with Crippen LogP contribution in [0.4, 0.5) is 0 Å². The Bertz CT molecular complexity index is 2580. The van der Waals surface area contributed by atoms with Gasteiger partial charge in [0.2, 0.25) is 5.71 Å². The van der Waals surface area contributed by atoms with Crippen molar-refractivity contribution in [1.29, 1.82) is 0 Å². The summed E-state index contributed by atoms with van der Waals surface area (Å²) in [4.78, 5) is 13.7. The minimum atomic E-state index is -2.31. The third kappa shape index (κ3) is 8.78. The molecule has 0 aliphatic heterocycles. The smallest absolute Gasteiger partial charge is 0.216 e. The van der Waals surface area contributed by atoms with E-state index in [9.17, 15) is 0 Å². The number of nitrogens with zero attached hydrogens (tertiary/aromatic N) is 3. The maximum Gasteiger partial charge on any atom is 0.216 e. The van der Waals surface area contributed by atoms with Crippen molar-refractivity contribution in [2.45, 2.75) is 91.7 Å². The van der Waals surface area contributed by atoms with Crippen LogP contribution in [-0.2, 0) is 31.9 Å². The number of aryl methyl sites for hydroxylation is 1. The molecule has 0 spiro atoms. The molecular formula is C49H53IrN3OSi-2. The van der Waals surface area contributed by atoms with E-state index in [2.05, 4.69) is 67.7 Å². The molecule has 0 N–H and O–H groups in total. The summed E-state index contributed by atoms with van der Waals surface area (Å²) in [6.07, 6.45) is 7.51. The van der Waals surface area contributed by atoms with Crippen LogP contribution in [0.3, 0.4) is 0 Å². The largest absolute Gasteiger partial charge is 0.486 e. The molecule has 285 valence electrons. The number of fused-ring (bicyclic) bond motifs is 3. The van der Waals surface area contributed by atoms with E-state index in [-0.39, 0.29) is 37.1 Å². The fraction of sp³-hybridized carbons (Fsp3) is 0.327. The van der Waals surface area contributed by atoms with Gasteiger partial charge < -0.3 is 14.4 Å². The predicted molar refractivity (Wildman–Crippen MR) is 229 cm³/mol. The summed E-state index contributed by atoms with van der Waals surface area (Å²) >= 11 is 0. The molecule has 7 aromatic rings. The summed E-state index contributed by atoms with van der Waals surface area (Å²) in [5.74, 6) is 0.568. The van der Waals surface area contributed by atoms with Crippen LogP contribution in [0.25, 0.3) is 55.7 Å². The molecule has 0 atom stereocenters. The van der Waals surface area contributed by atoms with E-state index >= 15 is 0 Å². The summed E-state index contributed by atoms with van der Waals surface area (Å²) in [5.41, 5.74) is 8.29. The van der Waals surface area contributed by atoms with E-state index < -0.39 is 21.3 Å². The number of hydrogen-bond donors (Lipinski definition) is 0. The van der Waals surface area contributed by atoms with Gasteiger partial charge in [-0.1, -0.05) is 125 Å². The Morgan fingerprint density at radius 1 is 0.927 bits per heavy atom. The van der Waals surface area contributed by atoms with Crippen LogP contribution < -0.4 is 5.19 Å². The topological polar surface area (TPSA) is 51.8 Å². The zero-order valence-corrected chi connectivity index (χ0v) is 36.3. The zero-order chi connectivity index (χ0) is 42.3. The van der Waals surface area contributed by atoms with Gasteiger partial charge in [0.25, 0.3) is 0 Å². The Labute approximate surface area is 349 Å². The number of furan rings is 1. The third-order valence-corrected chi connectivity index (χ3v) is 12.8. The Kier molecular flexibility index (Phi) is 10.4. The average Bonchev–Trinajstić information content (AvgIpc) is 3.90. The van der Waals surface area contributed by atoms with Gasteiger partial charge in [-0.05, 0) is 89.0 Å². The molecule has 8 rings (SSSR count). The first-order chi connectivity index (χ1) is 27.9. The number of rotatable bonds is 8. The van der Waals surface area contributed by atoms with E-state index in [0.717, 1.165) is 55.2 Å². The summed E-state index contributed by atoms with van der Waals surface area (Å²) < 4.78 is 46.8. The first-order valence-corrected chi connectivity index (χ1v) is 22.7. The van der Waals surface area contributed by atoms with Crippen molar-refractivity contribution in [1.82, 2.24) is 15.0 Å². The Balaban J connectivity index is 0.000000226. The van der Waals surface area contributed by atoms with Crippen molar-refractivity contribution >= 4 is 35.3 Å². The Morgan fingerprint density at radius 3 is 2.38 bits per heavy atom. The minimum Gasteiger partial charge on any atom is -0.486 e. The average molecular weight is 925 g/mol. The van der Waals surface area contributed by atoms with Crippen LogP contribution in [0.5, 0.6) is 0 Å². The van der Waals surface area contributed by atoms with Gasteiger partial charge in [-0.25, -0.2) is 4.98 Å². The van der Waals surface area contributed by atoms with Crippen LogP contribution in [0.1, 0.15) is 77.1 Å². The Morgan fingerprint density at radius 2 is 1.69 bits per heavy atom. The van der Waals surface area contributed by atoms with Crippen molar-refractivity contribution < 1.29 is 31.4 Å². The third-order valence-electron chi connectivity index (χ3n) is 10.8. The number of pyridine rings is 3. The van der Waals surface area contributed by atoms with Crippen LogP contribution >= 0.6 is 0 Å². The number of hydrogen-bond acceptors (Lipinski definition) is 4. The molecule has 1 saturated carbocycles. The van der Waals surface area contributed by atoms with Gasteiger partial charge in [0, 0.05) is 50.4 Å².